The summed E-state index contributed by atoms with van der Waals surface area (Å²) in [6, 6.07) is 5.18. The minimum atomic E-state index is -0.920. The zero-order valence-electron chi connectivity index (χ0n) is 17.5. The molecule has 3 N–H and O–H groups in total. The summed E-state index contributed by atoms with van der Waals surface area (Å²) in [4.78, 5) is 39.9. The highest BCUT2D eigenvalue weighted by atomic mass is 19.1. The number of rotatable bonds is 7. The van der Waals surface area contributed by atoms with Crippen molar-refractivity contribution >= 4 is 23.5 Å². The van der Waals surface area contributed by atoms with Gasteiger partial charge in [-0.2, -0.15) is 0 Å². The number of carbonyl (C=O) groups excluding carboxylic acids is 3. The number of imide groups is 1. The van der Waals surface area contributed by atoms with Gasteiger partial charge in [0.05, 0.1) is 11.1 Å². The molecule has 0 aliphatic carbocycles. The molecule has 0 spiro atoms. The van der Waals surface area contributed by atoms with E-state index in [1.165, 1.54) is 24.3 Å². The van der Waals surface area contributed by atoms with Crippen molar-refractivity contribution in [2.45, 2.75) is 51.5 Å². The molecule has 8 heteroatoms. The molecule has 0 aromatic heterocycles. The maximum absolute atomic E-state index is 13.3. The predicted octanol–water partition coefficient (Wildman–Crippen LogP) is 2.94. The lowest BCUT2D eigenvalue weighted by atomic mass is 9.79. The van der Waals surface area contributed by atoms with Crippen LogP contribution in [0.4, 0.5) is 14.9 Å². The van der Waals surface area contributed by atoms with Gasteiger partial charge in [0.15, 0.2) is 0 Å². The Balaban J connectivity index is 1.94. The lowest BCUT2D eigenvalue weighted by Crippen LogP contribution is -2.65. The van der Waals surface area contributed by atoms with Crippen LogP contribution in [0.15, 0.2) is 35.4 Å². The third-order valence-electron chi connectivity index (χ3n) is 5.87. The Bertz CT molecular complexity index is 852. The first-order chi connectivity index (χ1) is 14.4. The van der Waals surface area contributed by atoms with Crippen molar-refractivity contribution in [2.75, 3.05) is 25.0 Å². The first kappa shape index (κ1) is 22.0. The maximum atomic E-state index is 13.3. The molecule has 1 saturated heterocycles. The fourth-order valence-corrected chi connectivity index (χ4v) is 4.34. The van der Waals surface area contributed by atoms with E-state index < -0.39 is 17.4 Å². The molecule has 0 saturated carbocycles. The third-order valence-corrected chi connectivity index (χ3v) is 5.87. The van der Waals surface area contributed by atoms with Crippen LogP contribution in [0.3, 0.4) is 0 Å². The number of anilines is 1. The van der Waals surface area contributed by atoms with E-state index in [0.717, 1.165) is 25.7 Å². The van der Waals surface area contributed by atoms with Crippen molar-refractivity contribution < 1.29 is 18.8 Å². The molecule has 0 bridgehead atoms. The molecule has 1 fully saturated rings. The maximum Gasteiger partial charge on any atom is 0.322 e. The molecule has 4 amide bonds. The number of halogens is 1. The van der Waals surface area contributed by atoms with Gasteiger partial charge in [0.25, 0.3) is 11.8 Å². The number of hydrogen-bond donors (Lipinski definition) is 3. The highest BCUT2D eigenvalue weighted by molar-refractivity contribution is 6.20. The van der Waals surface area contributed by atoms with Gasteiger partial charge in [0.1, 0.15) is 5.82 Å². The molecule has 30 heavy (non-hydrogen) atoms. The Kier molecular flexibility index (Phi) is 6.87. The van der Waals surface area contributed by atoms with Crippen molar-refractivity contribution in [3.8, 4) is 0 Å². The van der Waals surface area contributed by atoms with Crippen molar-refractivity contribution in [2.24, 2.45) is 0 Å². The smallest absolute Gasteiger partial charge is 0.312 e. The zero-order valence-corrected chi connectivity index (χ0v) is 17.5. The molecule has 1 aromatic carbocycles. The lowest BCUT2D eigenvalue weighted by Gasteiger charge is -2.48. The fourth-order valence-electron chi connectivity index (χ4n) is 4.34. The Morgan fingerprint density at radius 2 is 1.90 bits per heavy atom. The molecular formula is C22H29FN4O3. The Morgan fingerprint density at radius 1 is 1.17 bits per heavy atom. The zero-order chi connectivity index (χ0) is 21.7. The normalized spacial score (nSPS) is 21.8. The van der Waals surface area contributed by atoms with E-state index in [0.29, 0.717) is 42.9 Å². The van der Waals surface area contributed by atoms with Crippen molar-refractivity contribution in [3.63, 3.8) is 0 Å². The summed E-state index contributed by atoms with van der Waals surface area (Å²) >= 11 is 0. The van der Waals surface area contributed by atoms with Gasteiger partial charge in [0.2, 0.25) is 0 Å². The molecule has 0 radical (unpaired) electrons. The monoisotopic (exact) mass is 416 g/mol. The van der Waals surface area contributed by atoms with Gasteiger partial charge in [-0.1, -0.05) is 32.6 Å². The molecule has 7 nitrogen and oxygen atoms in total. The Morgan fingerprint density at radius 3 is 2.53 bits per heavy atom. The molecule has 2 aliphatic rings. The van der Waals surface area contributed by atoms with Gasteiger partial charge < -0.3 is 15.5 Å². The van der Waals surface area contributed by atoms with Gasteiger partial charge in [-0.25, -0.2) is 9.18 Å². The van der Waals surface area contributed by atoms with E-state index in [9.17, 15) is 18.8 Å². The molecule has 2 aliphatic heterocycles. The van der Waals surface area contributed by atoms with Crippen molar-refractivity contribution in [1.82, 2.24) is 15.5 Å². The van der Waals surface area contributed by atoms with Gasteiger partial charge in [-0.3, -0.25) is 14.9 Å². The first-order valence-electron chi connectivity index (χ1n) is 10.5. The second-order valence-electron chi connectivity index (χ2n) is 7.89. The second-order valence-corrected chi connectivity index (χ2v) is 7.89. The topological polar surface area (TPSA) is 90.5 Å². The number of hydrogen-bond acceptors (Lipinski definition) is 4. The number of nitrogens with one attached hydrogen (secondary N) is 3. The molecule has 162 valence electrons. The molecule has 1 unspecified atom stereocenters. The standard InChI is InChI=1S/C22H29FN4O3/c1-3-4-5-6-11-22(18-15(2)19(28)26-20(18)29)14-24-12-13-27(22)21(30)25-17-9-7-16(23)8-10-17/h7-10,24H,3-6,11-14H2,1-2H3,(H,25,30)(H,26,28,29). The van der Waals surface area contributed by atoms with E-state index in [4.69, 9.17) is 0 Å². The summed E-state index contributed by atoms with van der Waals surface area (Å²) in [5.41, 5.74) is 0.276. The first-order valence-corrected chi connectivity index (χ1v) is 10.5. The van der Waals surface area contributed by atoms with Crippen LogP contribution in [0, 0.1) is 5.82 Å². The quantitative estimate of drug-likeness (QED) is 0.471. The van der Waals surface area contributed by atoms with E-state index in [1.54, 1.807) is 11.8 Å². The van der Waals surface area contributed by atoms with Gasteiger partial charge >= 0.3 is 6.03 Å². The number of carbonyl (C=O) groups is 3. The number of benzene rings is 1. The van der Waals surface area contributed by atoms with Gasteiger partial charge in [-0.15, -0.1) is 0 Å². The second kappa shape index (κ2) is 9.38. The summed E-state index contributed by atoms with van der Waals surface area (Å²) < 4.78 is 13.2. The van der Waals surface area contributed by atoms with Crippen LogP contribution in [0.1, 0.15) is 46.0 Å². The van der Waals surface area contributed by atoms with Crippen LogP contribution in [0.25, 0.3) is 0 Å². The number of urea groups is 1. The van der Waals surface area contributed by atoms with Crippen LogP contribution in [-0.4, -0.2) is 47.9 Å². The van der Waals surface area contributed by atoms with Crippen LogP contribution < -0.4 is 16.0 Å². The largest absolute Gasteiger partial charge is 0.322 e. The SMILES string of the molecule is CCCCCCC1(C2=C(C)C(=O)NC2=O)CNCCN1C(=O)Nc1ccc(F)cc1. The Labute approximate surface area is 176 Å². The van der Waals surface area contributed by atoms with Crippen molar-refractivity contribution in [3.05, 3.63) is 41.2 Å². The number of unbranched alkanes of at least 4 members (excludes halogenated alkanes) is 3. The van der Waals surface area contributed by atoms with Crippen LogP contribution in [0.5, 0.6) is 0 Å². The Hall–Kier alpha value is -2.74. The predicted molar refractivity (Wildman–Crippen MR) is 112 cm³/mol. The van der Waals surface area contributed by atoms with E-state index in [-0.39, 0.29) is 11.8 Å². The van der Waals surface area contributed by atoms with Crippen LogP contribution in [0.2, 0.25) is 0 Å². The minimum Gasteiger partial charge on any atom is -0.312 e. The average Bonchev–Trinajstić information content (AvgIpc) is 2.99. The van der Waals surface area contributed by atoms with Crippen LogP contribution in [-0.2, 0) is 9.59 Å². The molecule has 3 rings (SSSR count). The summed E-state index contributed by atoms with van der Waals surface area (Å²) in [6.45, 7) is 5.11. The van der Waals surface area contributed by atoms with Crippen molar-refractivity contribution in [1.29, 1.82) is 0 Å². The highest BCUT2D eigenvalue weighted by Crippen LogP contribution is 2.37. The lowest BCUT2D eigenvalue weighted by molar-refractivity contribution is -0.124. The highest BCUT2D eigenvalue weighted by Gasteiger charge is 2.50. The summed E-state index contributed by atoms with van der Waals surface area (Å²) in [6.07, 6.45) is 4.51. The number of piperazine rings is 1. The van der Waals surface area contributed by atoms with E-state index >= 15 is 0 Å². The molecule has 1 aromatic rings. The summed E-state index contributed by atoms with van der Waals surface area (Å²) in [7, 11) is 0. The van der Waals surface area contributed by atoms with E-state index in [2.05, 4.69) is 22.9 Å². The summed E-state index contributed by atoms with van der Waals surface area (Å²) in [5.74, 6) is -1.23. The molecular weight excluding hydrogens is 387 g/mol. The minimum absolute atomic E-state index is 0.360. The van der Waals surface area contributed by atoms with E-state index in [1.807, 2.05) is 0 Å². The number of nitrogens with zero attached hydrogens (tertiary/aromatic N) is 1. The van der Waals surface area contributed by atoms with Gasteiger partial charge in [-0.05, 0) is 37.6 Å². The summed E-state index contributed by atoms with van der Waals surface area (Å²) in [5, 5.41) is 8.50. The third kappa shape index (κ3) is 4.38. The molecule has 1 atom stereocenters. The van der Waals surface area contributed by atoms with Crippen LogP contribution >= 0.6 is 0 Å². The fraction of sp³-hybridized carbons (Fsp3) is 0.500. The molecule has 2 heterocycles. The average molecular weight is 416 g/mol. The number of amides is 4. The van der Waals surface area contributed by atoms with Gasteiger partial charge in [0, 0.05) is 30.9 Å².